The fraction of sp³-hybridized carbons (Fsp3) is 0.350. The molecule has 1 saturated heterocycles. The molecule has 1 unspecified atom stereocenters. The molecule has 164 valence electrons. The number of nitrogens with two attached hydrogens (primary N) is 1. The average molecular weight is 542 g/mol. The largest absolute Gasteiger partial charge is 0.509 e. The number of aromatic nitrogens is 3. The van der Waals surface area contributed by atoms with Crippen LogP contribution in [0.2, 0.25) is 0 Å². The van der Waals surface area contributed by atoms with E-state index in [0.717, 1.165) is 5.56 Å². The van der Waals surface area contributed by atoms with Crippen LogP contribution in [0.25, 0.3) is 11.0 Å². The van der Waals surface area contributed by atoms with Crippen molar-refractivity contribution >= 4 is 45.6 Å². The fourth-order valence-corrected chi connectivity index (χ4v) is 4.35. The van der Waals surface area contributed by atoms with Gasteiger partial charge in [-0.1, -0.05) is 30.3 Å². The maximum atomic E-state index is 15.4. The summed E-state index contributed by atoms with van der Waals surface area (Å²) in [7, 11) is 0. The molecule has 3 N–H and O–H groups in total. The van der Waals surface area contributed by atoms with Crippen molar-refractivity contribution in [3.8, 4) is 0 Å². The quantitative estimate of drug-likeness (QED) is 0.373. The van der Waals surface area contributed by atoms with Crippen LogP contribution in [-0.4, -0.2) is 50.8 Å². The van der Waals surface area contributed by atoms with Crippen LogP contribution >= 0.6 is 22.6 Å². The van der Waals surface area contributed by atoms with Gasteiger partial charge in [-0.3, -0.25) is 0 Å². The number of rotatable bonds is 5. The Labute approximate surface area is 190 Å². The Bertz CT molecular complexity index is 1080. The van der Waals surface area contributed by atoms with E-state index >= 15 is 4.39 Å². The highest BCUT2D eigenvalue weighted by Gasteiger charge is 2.49. The molecule has 1 aliphatic rings. The molecule has 0 saturated carbocycles. The third-order valence-corrected chi connectivity index (χ3v) is 5.91. The van der Waals surface area contributed by atoms with E-state index in [1.807, 2.05) is 40.8 Å². The van der Waals surface area contributed by atoms with E-state index in [0.29, 0.717) is 14.6 Å². The van der Waals surface area contributed by atoms with Crippen LogP contribution in [0.1, 0.15) is 24.8 Å². The molecule has 3 heterocycles. The normalized spacial score (nSPS) is 24.3. The monoisotopic (exact) mass is 542 g/mol. The predicted molar refractivity (Wildman–Crippen MR) is 117 cm³/mol. The molecule has 1 aromatic carbocycles. The van der Waals surface area contributed by atoms with Gasteiger partial charge in [-0.2, -0.15) is 0 Å². The Balaban J connectivity index is 1.52. The van der Waals surface area contributed by atoms with Crippen molar-refractivity contribution in [3.63, 3.8) is 0 Å². The molecule has 2 aromatic heterocycles. The van der Waals surface area contributed by atoms with Gasteiger partial charge in [0.1, 0.15) is 30.0 Å². The van der Waals surface area contributed by atoms with E-state index in [1.165, 1.54) is 10.9 Å². The van der Waals surface area contributed by atoms with Crippen molar-refractivity contribution in [2.24, 2.45) is 0 Å². The number of benzene rings is 1. The maximum absolute atomic E-state index is 15.4. The number of ether oxygens (including phenoxy) is 3. The number of nitrogen functional groups attached to an aromatic ring is 1. The van der Waals surface area contributed by atoms with Gasteiger partial charge in [0.25, 0.3) is 0 Å². The van der Waals surface area contributed by atoms with Gasteiger partial charge in [0.2, 0.25) is 0 Å². The van der Waals surface area contributed by atoms with Gasteiger partial charge in [-0.25, -0.2) is 19.2 Å². The summed E-state index contributed by atoms with van der Waals surface area (Å²) in [4.78, 5) is 20.4. The number of hydrogen-bond acceptors (Lipinski definition) is 8. The zero-order chi connectivity index (χ0) is 22.1. The van der Waals surface area contributed by atoms with Crippen LogP contribution in [0.3, 0.4) is 0 Å². The number of fused-ring (bicyclic) bond motifs is 1. The fourth-order valence-electron chi connectivity index (χ4n) is 3.54. The van der Waals surface area contributed by atoms with Crippen LogP contribution in [0, 0.1) is 3.57 Å². The average Bonchev–Trinajstić information content (AvgIpc) is 3.26. The zero-order valence-corrected chi connectivity index (χ0v) is 18.5. The van der Waals surface area contributed by atoms with E-state index in [4.69, 9.17) is 19.9 Å². The predicted octanol–water partition coefficient (Wildman–Crippen LogP) is 3.13. The number of halogens is 2. The summed E-state index contributed by atoms with van der Waals surface area (Å²) >= 11 is 2.04. The lowest BCUT2D eigenvalue weighted by Crippen LogP contribution is -2.36. The standard InChI is InChI=1S/C20H20FIN4O5/c1-10(11-5-3-2-4-6-11)29-20(28)31-16-13(8-27)30-19(15(16)21)26-7-12(22)14-17(23)24-9-25-18(14)26/h2-7,9-10,13,15-16,19,27H,8H2,1H3,(H2,23,24,25)/t10-,13-,15?,16+,19-/m1/s1. The summed E-state index contributed by atoms with van der Waals surface area (Å²) in [5.74, 6) is 0.256. The molecule has 0 bridgehead atoms. The second-order valence-electron chi connectivity index (χ2n) is 7.04. The minimum absolute atomic E-state index is 0.256. The first-order valence-corrected chi connectivity index (χ1v) is 10.6. The second-order valence-corrected chi connectivity index (χ2v) is 8.20. The highest BCUT2D eigenvalue weighted by atomic mass is 127. The summed E-state index contributed by atoms with van der Waals surface area (Å²) in [6, 6.07) is 9.07. The van der Waals surface area contributed by atoms with Crippen LogP contribution < -0.4 is 5.73 Å². The number of hydrogen-bond donors (Lipinski definition) is 2. The van der Waals surface area contributed by atoms with Crippen LogP contribution in [0.5, 0.6) is 0 Å². The number of aliphatic hydroxyl groups is 1. The van der Waals surface area contributed by atoms with Crippen molar-refractivity contribution in [1.29, 1.82) is 0 Å². The molecule has 0 amide bonds. The van der Waals surface area contributed by atoms with E-state index < -0.39 is 43.5 Å². The molecule has 1 fully saturated rings. The first kappa shape index (κ1) is 21.7. The third kappa shape index (κ3) is 4.16. The summed E-state index contributed by atoms with van der Waals surface area (Å²) < 4.78 is 33.7. The number of carbonyl (C=O) groups is 1. The van der Waals surface area contributed by atoms with Crippen LogP contribution in [-0.2, 0) is 14.2 Å². The SMILES string of the molecule is C[C@@H](OC(=O)O[C@@H]1C(F)[C@H](n2cc(I)c3c(N)ncnc32)O[C@@H]1CO)c1ccccc1. The van der Waals surface area contributed by atoms with E-state index in [2.05, 4.69) is 9.97 Å². The van der Waals surface area contributed by atoms with E-state index in [1.54, 1.807) is 25.3 Å². The lowest BCUT2D eigenvalue weighted by atomic mass is 10.1. The van der Waals surface area contributed by atoms with E-state index in [9.17, 15) is 9.90 Å². The number of anilines is 1. The zero-order valence-electron chi connectivity index (χ0n) is 16.4. The summed E-state index contributed by atoms with van der Waals surface area (Å²) in [6.45, 7) is 1.13. The van der Waals surface area contributed by atoms with E-state index in [-0.39, 0.29) is 5.82 Å². The van der Waals surface area contributed by atoms with Gasteiger partial charge in [0.15, 0.2) is 18.5 Å². The van der Waals surface area contributed by atoms with Crippen molar-refractivity contribution in [1.82, 2.24) is 14.5 Å². The molecule has 0 spiro atoms. The highest BCUT2D eigenvalue weighted by molar-refractivity contribution is 14.1. The Morgan fingerprint density at radius 1 is 1.39 bits per heavy atom. The summed E-state index contributed by atoms with van der Waals surface area (Å²) in [5, 5.41) is 10.2. The number of alkyl halides is 1. The van der Waals surface area contributed by atoms with Crippen molar-refractivity contribution in [2.45, 2.75) is 37.6 Å². The van der Waals surface area contributed by atoms with Crippen molar-refractivity contribution < 1.29 is 28.5 Å². The Kier molecular flexibility index (Phi) is 6.25. The highest BCUT2D eigenvalue weighted by Crippen LogP contribution is 2.38. The third-order valence-electron chi connectivity index (χ3n) is 5.09. The van der Waals surface area contributed by atoms with Crippen molar-refractivity contribution in [3.05, 3.63) is 52.0 Å². The molecular formula is C20H20FIN4O5. The summed E-state index contributed by atoms with van der Waals surface area (Å²) in [6.07, 6.45) is -4.14. The maximum Gasteiger partial charge on any atom is 0.509 e. The van der Waals surface area contributed by atoms with Gasteiger partial charge >= 0.3 is 6.16 Å². The molecule has 5 atom stereocenters. The molecule has 9 nitrogen and oxygen atoms in total. The molecule has 4 rings (SSSR count). The molecular weight excluding hydrogens is 522 g/mol. The van der Waals surface area contributed by atoms with Gasteiger partial charge in [0, 0.05) is 9.77 Å². The lowest BCUT2D eigenvalue weighted by molar-refractivity contribution is -0.0597. The Hall–Kier alpha value is -2.51. The van der Waals surface area contributed by atoms with Crippen molar-refractivity contribution in [2.75, 3.05) is 12.3 Å². The number of nitrogens with zero attached hydrogens (tertiary/aromatic N) is 3. The van der Waals surface area contributed by atoms with Gasteiger partial charge in [-0.15, -0.1) is 0 Å². The Morgan fingerprint density at radius 3 is 2.84 bits per heavy atom. The first-order valence-electron chi connectivity index (χ1n) is 9.49. The Morgan fingerprint density at radius 2 is 2.13 bits per heavy atom. The van der Waals surface area contributed by atoms with Crippen LogP contribution in [0.4, 0.5) is 15.0 Å². The van der Waals surface area contributed by atoms with Gasteiger partial charge in [-0.05, 0) is 35.1 Å². The smallest absolute Gasteiger partial charge is 0.426 e. The minimum Gasteiger partial charge on any atom is -0.426 e. The number of carbonyl (C=O) groups excluding carboxylic acids is 1. The first-order chi connectivity index (χ1) is 14.9. The lowest BCUT2D eigenvalue weighted by Gasteiger charge is -2.20. The minimum atomic E-state index is -1.78. The number of aliphatic hydroxyl groups excluding tert-OH is 1. The molecule has 0 radical (unpaired) electrons. The molecule has 11 heteroatoms. The second kappa shape index (κ2) is 8.93. The van der Waals surface area contributed by atoms with Crippen LogP contribution in [0.15, 0.2) is 42.9 Å². The summed E-state index contributed by atoms with van der Waals surface area (Å²) in [5.41, 5.74) is 7.06. The molecule has 3 aromatic rings. The molecule has 0 aliphatic carbocycles. The van der Waals surface area contributed by atoms with Gasteiger partial charge in [0.05, 0.1) is 12.0 Å². The molecule has 31 heavy (non-hydrogen) atoms. The van der Waals surface area contributed by atoms with Gasteiger partial charge < -0.3 is 29.6 Å². The molecule has 1 aliphatic heterocycles. The topological polar surface area (TPSA) is 122 Å².